The van der Waals surface area contributed by atoms with Gasteiger partial charge in [0.1, 0.15) is 0 Å². The molecule has 1 aromatic heterocycles. The molecule has 0 spiro atoms. The van der Waals surface area contributed by atoms with Gasteiger partial charge in [0.15, 0.2) is 5.69 Å². The minimum absolute atomic E-state index is 0.275. The summed E-state index contributed by atoms with van der Waals surface area (Å²) in [7, 11) is 0. The fourth-order valence-corrected chi connectivity index (χ4v) is 2.62. The molecule has 5 nitrogen and oxygen atoms in total. The fraction of sp³-hybridized carbons (Fsp3) is 0.118. The number of aryl methyl sites for hydroxylation is 1. The van der Waals surface area contributed by atoms with Crippen LogP contribution in [-0.4, -0.2) is 20.9 Å². The zero-order valence-electron chi connectivity index (χ0n) is 12.8. The molecule has 1 amide bonds. The van der Waals surface area contributed by atoms with Crippen molar-refractivity contribution in [2.75, 3.05) is 0 Å². The van der Waals surface area contributed by atoms with Gasteiger partial charge in [0.25, 0.3) is 5.91 Å². The summed E-state index contributed by atoms with van der Waals surface area (Å²) in [5.41, 5.74) is 2.42. The Kier molecular flexibility index (Phi) is 4.83. The smallest absolute Gasteiger partial charge is 0.274 e. The minimum atomic E-state index is -0.291. The summed E-state index contributed by atoms with van der Waals surface area (Å²) in [6.45, 7) is 2.10. The van der Waals surface area contributed by atoms with Gasteiger partial charge >= 0.3 is 0 Å². The minimum Gasteiger partial charge on any atom is -0.347 e. The summed E-state index contributed by atoms with van der Waals surface area (Å²) in [4.78, 5) is 13.7. The molecule has 0 bridgehead atoms. The highest BCUT2D eigenvalue weighted by atomic mass is 35.5. The molecule has 7 heteroatoms. The van der Waals surface area contributed by atoms with E-state index in [1.54, 1.807) is 37.3 Å². The Morgan fingerprint density at radius 3 is 2.50 bits per heavy atom. The molecule has 0 saturated carbocycles. The molecule has 0 saturated heterocycles. The number of rotatable bonds is 4. The van der Waals surface area contributed by atoms with Crippen molar-refractivity contribution < 1.29 is 4.79 Å². The van der Waals surface area contributed by atoms with Crippen molar-refractivity contribution in [2.24, 2.45) is 0 Å². The Bertz CT molecular complexity index is 892. The Labute approximate surface area is 149 Å². The molecule has 0 radical (unpaired) electrons. The zero-order valence-corrected chi connectivity index (χ0v) is 14.3. The van der Waals surface area contributed by atoms with E-state index in [9.17, 15) is 4.79 Å². The van der Waals surface area contributed by atoms with E-state index < -0.39 is 0 Å². The first-order chi connectivity index (χ1) is 11.5. The topological polar surface area (TPSA) is 59.8 Å². The van der Waals surface area contributed by atoms with Gasteiger partial charge in [-0.15, -0.1) is 5.10 Å². The van der Waals surface area contributed by atoms with Crippen molar-refractivity contribution in [1.29, 1.82) is 0 Å². The molecule has 122 valence electrons. The third kappa shape index (κ3) is 3.75. The highest BCUT2D eigenvalue weighted by Crippen LogP contribution is 2.15. The normalized spacial score (nSPS) is 10.6. The van der Waals surface area contributed by atoms with Gasteiger partial charge in [-0.25, -0.2) is 0 Å². The number of hydrogen-bond donors (Lipinski definition) is 1. The largest absolute Gasteiger partial charge is 0.347 e. The van der Waals surface area contributed by atoms with Gasteiger partial charge in [-0.3, -0.25) is 4.79 Å². The Morgan fingerprint density at radius 1 is 1.08 bits per heavy atom. The van der Waals surface area contributed by atoms with E-state index >= 15 is 0 Å². The number of hydrogen-bond acceptors (Lipinski definition) is 3. The molecular weight excluding hydrogens is 347 g/mol. The summed E-state index contributed by atoms with van der Waals surface area (Å²) in [6, 6.07) is 14.4. The average molecular weight is 361 g/mol. The van der Waals surface area contributed by atoms with Gasteiger partial charge in [0.05, 0.1) is 11.4 Å². The number of carbonyl (C=O) groups excluding carboxylic acids is 1. The number of aromatic nitrogens is 3. The van der Waals surface area contributed by atoms with E-state index in [0.29, 0.717) is 28.0 Å². The van der Waals surface area contributed by atoms with Crippen molar-refractivity contribution in [1.82, 2.24) is 20.3 Å². The van der Waals surface area contributed by atoms with Crippen LogP contribution in [0.3, 0.4) is 0 Å². The van der Waals surface area contributed by atoms with Crippen molar-refractivity contribution in [2.45, 2.75) is 13.5 Å². The van der Waals surface area contributed by atoms with Crippen LogP contribution in [0.15, 0.2) is 48.5 Å². The number of carbonyl (C=O) groups is 1. The Balaban J connectivity index is 1.76. The third-order valence-corrected chi connectivity index (χ3v) is 3.85. The first kappa shape index (κ1) is 16.5. The summed E-state index contributed by atoms with van der Waals surface area (Å²) in [6.07, 6.45) is 0. The van der Waals surface area contributed by atoms with Gasteiger partial charge in [0, 0.05) is 16.6 Å². The van der Waals surface area contributed by atoms with E-state index in [1.807, 2.05) is 18.2 Å². The second-order valence-corrected chi connectivity index (χ2v) is 6.09. The lowest BCUT2D eigenvalue weighted by molar-refractivity contribution is 0.0945. The molecule has 3 aromatic rings. The quantitative estimate of drug-likeness (QED) is 0.769. The van der Waals surface area contributed by atoms with Crippen LogP contribution in [0, 0.1) is 6.92 Å². The van der Waals surface area contributed by atoms with Gasteiger partial charge < -0.3 is 5.32 Å². The SMILES string of the molecule is Cc1nn(-c2cccc(Cl)c2)nc1C(=O)NCc1cccc(Cl)c1. The van der Waals surface area contributed by atoms with Crippen LogP contribution >= 0.6 is 23.2 Å². The molecule has 2 aromatic carbocycles. The van der Waals surface area contributed by atoms with Crippen molar-refractivity contribution in [3.05, 3.63) is 75.5 Å². The molecule has 1 N–H and O–H groups in total. The third-order valence-electron chi connectivity index (χ3n) is 3.38. The van der Waals surface area contributed by atoms with Crippen LogP contribution in [0.2, 0.25) is 10.0 Å². The second-order valence-electron chi connectivity index (χ2n) is 5.22. The first-order valence-corrected chi connectivity index (χ1v) is 8.01. The molecule has 3 rings (SSSR count). The molecule has 0 unspecified atom stereocenters. The lowest BCUT2D eigenvalue weighted by atomic mass is 10.2. The number of nitrogens with zero attached hydrogens (tertiary/aromatic N) is 3. The van der Waals surface area contributed by atoms with E-state index in [1.165, 1.54) is 4.80 Å². The summed E-state index contributed by atoms with van der Waals surface area (Å²) < 4.78 is 0. The van der Waals surface area contributed by atoms with Gasteiger partial charge in [-0.2, -0.15) is 9.90 Å². The Hall–Kier alpha value is -2.37. The Morgan fingerprint density at radius 2 is 1.79 bits per heavy atom. The van der Waals surface area contributed by atoms with E-state index in [4.69, 9.17) is 23.2 Å². The highest BCUT2D eigenvalue weighted by molar-refractivity contribution is 6.31. The van der Waals surface area contributed by atoms with E-state index in [0.717, 1.165) is 5.56 Å². The summed E-state index contributed by atoms with van der Waals surface area (Å²) in [5.74, 6) is -0.291. The van der Waals surface area contributed by atoms with Gasteiger partial charge in [-0.05, 0) is 42.8 Å². The summed E-state index contributed by atoms with van der Waals surface area (Å²) >= 11 is 11.9. The zero-order chi connectivity index (χ0) is 17.1. The van der Waals surface area contributed by atoms with Crippen LogP contribution in [0.25, 0.3) is 5.69 Å². The van der Waals surface area contributed by atoms with Gasteiger partial charge in [-0.1, -0.05) is 41.4 Å². The molecule has 0 aliphatic carbocycles. The molecule has 1 heterocycles. The van der Waals surface area contributed by atoms with Crippen LogP contribution in [0.1, 0.15) is 21.7 Å². The summed E-state index contributed by atoms with van der Waals surface area (Å²) in [5, 5.41) is 12.6. The number of nitrogens with one attached hydrogen (secondary N) is 1. The average Bonchev–Trinajstić information content (AvgIpc) is 2.95. The van der Waals surface area contributed by atoms with Crippen molar-refractivity contribution in [3.8, 4) is 5.69 Å². The highest BCUT2D eigenvalue weighted by Gasteiger charge is 2.16. The van der Waals surface area contributed by atoms with Crippen LogP contribution < -0.4 is 5.32 Å². The number of amides is 1. The molecular formula is C17H14Cl2N4O. The monoisotopic (exact) mass is 360 g/mol. The molecule has 0 aliphatic heterocycles. The van der Waals surface area contributed by atoms with E-state index in [2.05, 4.69) is 15.5 Å². The maximum Gasteiger partial charge on any atom is 0.274 e. The van der Waals surface area contributed by atoms with E-state index in [-0.39, 0.29) is 11.6 Å². The molecule has 0 atom stereocenters. The van der Waals surface area contributed by atoms with Crippen LogP contribution in [-0.2, 0) is 6.54 Å². The predicted octanol–water partition coefficient (Wildman–Crippen LogP) is 3.81. The lowest BCUT2D eigenvalue weighted by Gasteiger charge is -2.04. The molecule has 0 aliphatic rings. The standard InChI is InChI=1S/C17H14Cl2N4O/c1-11-16(17(24)20-10-12-4-2-5-13(18)8-12)22-23(21-11)15-7-3-6-14(19)9-15/h2-9H,10H2,1H3,(H,20,24). The van der Waals surface area contributed by atoms with Crippen molar-refractivity contribution in [3.63, 3.8) is 0 Å². The molecule has 0 fully saturated rings. The number of halogens is 2. The lowest BCUT2D eigenvalue weighted by Crippen LogP contribution is -2.24. The maximum atomic E-state index is 12.3. The van der Waals surface area contributed by atoms with Crippen molar-refractivity contribution >= 4 is 29.1 Å². The van der Waals surface area contributed by atoms with Crippen LogP contribution in [0.5, 0.6) is 0 Å². The van der Waals surface area contributed by atoms with Gasteiger partial charge in [0.2, 0.25) is 0 Å². The second kappa shape index (κ2) is 7.03. The maximum absolute atomic E-state index is 12.3. The molecule has 24 heavy (non-hydrogen) atoms. The first-order valence-electron chi connectivity index (χ1n) is 7.25. The van der Waals surface area contributed by atoms with Crippen LogP contribution in [0.4, 0.5) is 0 Å². The predicted molar refractivity (Wildman–Crippen MR) is 93.7 cm³/mol. The number of benzene rings is 2. The fourth-order valence-electron chi connectivity index (χ4n) is 2.22.